The predicted octanol–water partition coefficient (Wildman–Crippen LogP) is 1.65. The molecule has 1 unspecified atom stereocenters. The average molecular weight is 263 g/mol. The van der Waals surface area contributed by atoms with Gasteiger partial charge in [-0.1, -0.05) is 26.2 Å². The molecule has 1 rings (SSSR count). The van der Waals surface area contributed by atoms with Gasteiger partial charge in [0.15, 0.2) is 0 Å². The van der Waals surface area contributed by atoms with E-state index in [1.165, 1.54) is 19.3 Å². The van der Waals surface area contributed by atoms with Crippen LogP contribution in [0.1, 0.15) is 51.9 Å². The summed E-state index contributed by atoms with van der Waals surface area (Å²) < 4.78 is 26.3. The smallest absolute Gasteiger partial charge is 0.211 e. The number of rotatable bonds is 7. The van der Waals surface area contributed by atoms with Crippen LogP contribution in [0.5, 0.6) is 0 Å². The van der Waals surface area contributed by atoms with E-state index in [1.807, 2.05) is 6.92 Å². The van der Waals surface area contributed by atoms with E-state index in [2.05, 4.69) is 4.72 Å². The summed E-state index contributed by atoms with van der Waals surface area (Å²) in [6.07, 6.45) is 6.95. The Kier molecular flexibility index (Phi) is 6.44. The van der Waals surface area contributed by atoms with Crippen molar-refractivity contribution in [3.8, 4) is 0 Å². The molecule has 0 saturated heterocycles. The maximum atomic E-state index is 11.8. The van der Waals surface area contributed by atoms with Gasteiger partial charge in [-0.15, -0.1) is 0 Å². The van der Waals surface area contributed by atoms with Crippen LogP contribution in [-0.2, 0) is 10.0 Å². The molecule has 0 aliphatic heterocycles. The highest BCUT2D eigenvalue weighted by Crippen LogP contribution is 2.28. The molecule has 102 valence electrons. The molecule has 0 heterocycles. The van der Waals surface area contributed by atoms with Gasteiger partial charge in [-0.25, -0.2) is 13.1 Å². The third-order valence-electron chi connectivity index (χ3n) is 3.46. The Balaban J connectivity index is 2.58. The zero-order valence-corrected chi connectivity index (χ0v) is 11.5. The number of hydrogen-bond donors (Lipinski definition) is 2. The fourth-order valence-electron chi connectivity index (χ4n) is 2.62. The Morgan fingerprint density at radius 3 is 2.47 bits per heavy atom. The third-order valence-corrected chi connectivity index (χ3v) is 5.07. The van der Waals surface area contributed by atoms with Crippen LogP contribution in [0.3, 0.4) is 0 Å². The Morgan fingerprint density at radius 1 is 1.29 bits per heavy atom. The van der Waals surface area contributed by atoms with Crippen molar-refractivity contribution in [1.29, 1.82) is 0 Å². The van der Waals surface area contributed by atoms with Crippen molar-refractivity contribution >= 4 is 10.0 Å². The van der Waals surface area contributed by atoms with Crippen LogP contribution in [-0.4, -0.2) is 31.9 Å². The minimum atomic E-state index is -3.16. The molecule has 2 N–H and O–H groups in total. The lowest BCUT2D eigenvalue weighted by Gasteiger charge is -2.30. The van der Waals surface area contributed by atoms with Crippen molar-refractivity contribution in [2.75, 3.05) is 12.4 Å². The van der Waals surface area contributed by atoms with Gasteiger partial charge in [0.25, 0.3) is 0 Å². The van der Waals surface area contributed by atoms with Crippen LogP contribution in [0, 0.1) is 5.92 Å². The number of aliphatic hydroxyl groups is 1. The Morgan fingerprint density at radius 2 is 1.94 bits per heavy atom. The molecule has 1 aliphatic rings. The molecular weight excluding hydrogens is 238 g/mol. The molecule has 0 aromatic rings. The second kappa shape index (κ2) is 7.34. The lowest BCUT2D eigenvalue weighted by molar-refractivity contribution is 0.221. The third kappa shape index (κ3) is 5.36. The van der Waals surface area contributed by atoms with Crippen molar-refractivity contribution < 1.29 is 13.5 Å². The van der Waals surface area contributed by atoms with Gasteiger partial charge < -0.3 is 5.11 Å². The maximum Gasteiger partial charge on any atom is 0.211 e. The van der Waals surface area contributed by atoms with Gasteiger partial charge in [-0.3, -0.25) is 0 Å². The predicted molar refractivity (Wildman–Crippen MR) is 69.3 cm³/mol. The summed E-state index contributed by atoms with van der Waals surface area (Å²) in [6, 6.07) is -0.0724. The molecule has 0 spiro atoms. The summed E-state index contributed by atoms with van der Waals surface area (Å²) in [5.41, 5.74) is 0. The van der Waals surface area contributed by atoms with E-state index in [9.17, 15) is 8.42 Å². The van der Waals surface area contributed by atoms with Gasteiger partial charge >= 0.3 is 0 Å². The topological polar surface area (TPSA) is 66.4 Å². The fourth-order valence-corrected chi connectivity index (χ4v) is 4.05. The quantitative estimate of drug-likeness (QED) is 0.734. The lowest BCUT2D eigenvalue weighted by atomic mass is 9.83. The fraction of sp³-hybridized carbons (Fsp3) is 1.00. The molecule has 1 atom stereocenters. The summed E-state index contributed by atoms with van der Waals surface area (Å²) in [5, 5.41) is 9.06. The molecule has 0 aromatic carbocycles. The van der Waals surface area contributed by atoms with E-state index in [-0.39, 0.29) is 18.4 Å². The standard InChI is InChI=1S/C12H25NO3S/c1-2-10-17(15,16)13-12(8-9-14)11-6-4-3-5-7-11/h11-14H,2-10H2,1H3. The van der Waals surface area contributed by atoms with Crippen LogP contribution in [0.15, 0.2) is 0 Å². The monoisotopic (exact) mass is 263 g/mol. The van der Waals surface area contributed by atoms with E-state index >= 15 is 0 Å². The summed E-state index contributed by atoms with van der Waals surface area (Å²) in [6.45, 7) is 1.91. The minimum absolute atomic E-state index is 0.0514. The van der Waals surface area contributed by atoms with Gasteiger partial charge in [-0.05, 0) is 31.6 Å². The average Bonchev–Trinajstić information content (AvgIpc) is 2.29. The first-order valence-corrected chi connectivity index (χ1v) is 8.35. The number of nitrogens with one attached hydrogen (secondary N) is 1. The van der Waals surface area contributed by atoms with E-state index in [0.29, 0.717) is 18.8 Å². The molecule has 0 bridgehead atoms. The van der Waals surface area contributed by atoms with Crippen molar-refractivity contribution in [3.63, 3.8) is 0 Å². The second-order valence-corrected chi connectivity index (χ2v) is 6.83. The molecule has 5 heteroatoms. The summed E-state index contributed by atoms with van der Waals surface area (Å²) in [7, 11) is -3.16. The highest BCUT2D eigenvalue weighted by atomic mass is 32.2. The minimum Gasteiger partial charge on any atom is -0.396 e. The van der Waals surface area contributed by atoms with Crippen LogP contribution < -0.4 is 4.72 Å². The van der Waals surface area contributed by atoms with Crippen LogP contribution in [0.25, 0.3) is 0 Å². The van der Waals surface area contributed by atoms with Gasteiger partial charge in [0.2, 0.25) is 10.0 Å². The zero-order chi connectivity index (χ0) is 12.7. The molecule has 0 radical (unpaired) electrons. The lowest BCUT2D eigenvalue weighted by Crippen LogP contribution is -2.42. The van der Waals surface area contributed by atoms with Gasteiger partial charge in [-0.2, -0.15) is 0 Å². The molecule has 4 nitrogen and oxygen atoms in total. The van der Waals surface area contributed by atoms with Crippen molar-refractivity contribution in [2.24, 2.45) is 5.92 Å². The van der Waals surface area contributed by atoms with Gasteiger partial charge in [0.1, 0.15) is 0 Å². The SMILES string of the molecule is CCCS(=O)(=O)NC(CCO)C1CCCCC1. The van der Waals surface area contributed by atoms with Crippen LogP contribution >= 0.6 is 0 Å². The maximum absolute atomic E-state index is 11.8. The van der Waals surface area contributed by atoms with Crippen LogP contribution in [0.4, 0.5) is 0 Å². The highest BCUT2D eigenvalue weighted by molar-refractivity contribution is 7.89. The van der Waals surface area contributed by atoms with Gasteiger partial charge in [0.05, 0.1) is 5.75 Å². The molecule has 1 aliphatic carbocycles. The first-order chi connectivity index (χ1) is 8.09. The van der Waals surface area contributed by atoms with Gasteiger partial charge in [0, 0.05) is 12.6 Å². The molecule has 0 aromatic heterocycles. The molecular formula is C12H25NO3S. The van der Waals surface area contributed by atoms with E-state index < -0.39 is 10.0 Å². The van der Waals surface area contributed by atoms with Crippen molar-refractivity contribution in [1.82, 2.24) is 4.72 Å². The van der Waals surface area contributed by atoms with E-state index in [1.54, 1.807) is 0 Å². The largest absolute Gasteiger partial charge is 0.396 e. The number of hydrogen-bond acceptors (Lipinski definition) is 3. The first kappa shape index (κ1) is 14.9. The summed E-state index contributed by atoms with van der Waals surface area (Å²) >= 11 is 0. The molecule has 17 heavy (non-hydrogen) atoms. The molecule has 1 fully saturated rings. The molecule has 0 amide bonds. The number of aliphatic hydroxyl groups excluding tert-OH is 1. The molecule has 1 saturated carbocycles. The highest BCUT2D eigenvalue weighted by Gasteiger charge is 2.26. The van der Waals surface area contributed by atoms with E-state index in [0.717, 1.165) is 12.8 Å². The summed E-state index contributed by atoms with van der Waals surface area (Å²) in [5.74, 6) is 0.587. The summed E-state index contributed by atoms with van der Waals surface area (Å²) in [4.78, 5) is 0. The normalized spacial score (nSPS) is 20.4. The van der Waals surface area contributed by atoms with E-state index in [4.69, 9.17) is 5.11 Å². The van der Waals surface area contributed by atoms with Crippen molar-refractivity contribution in [3.05, 3.63) is 0 Å². The zero-order valence-electron chi connectivity index (χ0n) is 10.7. The van der Waals surface area contributed by atoms with Crippen molar-refractivity contribution in [2.45, 2.75) is 57.9 Å². The van der Waals surface area contributed by atoms with Crippen LogP contribution in [0.2, 0.25) is 0 Å². The first-order valence-electron chi connectivity index (χ1n) is 6.70. The Labute approximate surface area is 105 Å². The Hall–Kier alpha value is -0.130. The number of sulfonamides is 1. The Bertz CT molecular complexity index is 297. The second-order valence-electron chi connectivity index (χ2n) is 4.95.